The molecular formula is C26H35N3O3. The topological polar surface area (TPSA) is 84.1 Å². The number of nitrogens with zero attached hydrogens (tertiary/aromatic N) is 3. The van der Waals surface area contributed by atoms with Gasteiger partial charge in [0.25, 0.3) is 0 Å². The van der Waals surface area contributed by atoms with Crippen molar-refractivity contribution in [3.63, 3.8) is 0 Å². The quantitative estimate of drug-likeness (QED) is 0.165. The first kappa shape index (κ1) is 25.2. The molecule has 0 unspecified atom stereocenters. The average molecular weight is 438 g/mol. The Balaban J connectivity index is 1.44. The number of ether oxygens (including phenoxy) is 1. The highest BCUT2D eigenvalue weighted by Gasteiger charge is 1.99. The number of pyridine rings is 1. The van der Waals surface area contributed by atoms with Gasteiger partial charge in [-0.3, -0.25) is 4.98 Å². The number of aromatic nitrogens is 1. The average Bonchev–Trinajstić information content (AvgIpc) is 2.82. The third-order valence-electron chi connectivity index (χ3n) is 5.19. The molecule has 0 amide bonds. The van der Waals surface area contributed by atoms with E-state index in [9.17, 15) is 4.79 Å². The first-order valence-corrected chi connectivity index (χ1v) is 11.6. The monoisotopic (exact) mass is 437 g/mol. The van der Waals surface area contributed by atoms with Gasteiger partial charge in [0.05, 0.1) is 18.0 Å². The van der Waals surface area contributed by atoms with Crippen molar-refractivity contribution < 1.29 is 14.6 Å². The highest BCUT2D eigenvalue weighted by Crippen LogP contribution is 2.21. The molecule has 2 rings (SSSR count). The predicted octanol–water partition coefficient (Wildman–Crippen LogP) is 7.81. The third kappa shape index (κ3) is 11.4. The highest BCUT2D eigenvalue weighted by atomic mass is 16.5. The van der Waals surface area contributed by atoms with Crippen LogP contribution in [0.5, 0.6) is 5.75 Å². The number of carbonyl (C=O) groups is 1. The van der Waals surface area contributed by atoms with Gasteiger partial charge in [-0.05, 0) is 62.6 Å². The van der Waals surface area contributed by atoms with Crippen molar-refractivity contribution in [2.75, 3.05) is 6.61 Å². The number of benzene rings is 1. The van der Waals surface area contributed by atoms with Crippen LogP contribution in [0.15, 0.2) is 70.7 Å². The van der Waals surface area contributed by atoms with Crippen molar-refractivity contribution in [3.05, 3.63) is 60.4 Å². The Morgan fingerprint density at radius 3 is 1.97 bits per heavy atom. The van der Waals surface area contributed by atoms with E-state index in [1.54, 1.807) is 19.3 Å². The predicted molar refractivity (Wildman–Crippen MR) is 128 cm³/mol. The summed E-state index contributed by atoms with van der Waals surface area (Å²) in [5.74, 6) is 0.0506. The fraction of sp³-hybridized carbons (Fsp3) is 0.462. The summed E-state index contributed by atoms with van der Waals surface area (Å²) in [5.41, 5.74) is 2.02. The number of unbranched alkanes of at least 4 members (excludes halogenated alkanes) is 9. The van der Waals surface area contributed by atoms with Crippen LogP contribution < -0.4 is 4.74 Å². The Labute approximate surface area is 191 Å². The molecule has 1 heterocycles. The molecular weight excluding hydrogens is 402 g/mol. The fourth-order valence-electron chi connectivity index (χ4n) is 3.21. The summed E-state index contributed by atoms with van der Waals surface area (Å²) in [5, 5.41) is 17.2. The molecule has 1 N–H and O–H groups in total. The second-order valence-corrected chi connectivity index (χ2v) is 7.91. The lowest BCUT2D eigenvalue weighted by molar-refractivity contribution is -0.132. The van der Waals surface area contributed by atoms with E-state index in [1.807, 2.05) is 42.5 Å². The van der Waals surface area contributed by atoms with E-state index in [2.05, 4.69) is 15.2 Å². The van der Waals surface area contributed by atoms with Crippen LogP contribution in [-0.2, 0) is 4.79 Å². The molecule has 2 aromatic rings. The van der Waals surface area contributed by atoms with Crippen molar-refractivity contribution >= 4 is 17.3 Å². The Morgan fingerprint density at radius 1 is 0.844 bits per heavy atom. The minimum atomic E-state index is -0.812. The van der Waals surface area contributed by atoms with Gasteiger partial charge in [-0.1, -0.05) is 51.0 Å². The van der Waals surface area contributed by atoms with Crippen LogP contribution in [0.3, 0.4) is 0 Å². The van der Waals surface area contributed by atoms with Crippen LogP contribution in [0, 0.1) is 0 Å². The van der Waals surface area contributed by atoms with Gasteiger partial charge < -0.3 is 9.84 Å². The van der Waals surface area contributed by atoms with Crippen molar-refractivity contribution in [3.8, 4) is 5.75 Å². The second-order valence-electron chi connectivity index (χ2n) is 7.91. The molecule has 6 heteroatoms. The van der Waals surface area contributed by atoms with Gasteiger partial charge in [-0.25, -0.2) is 4.79 Å². The summed E-state index contributed by atoms with van der Waals surface area (Å²) >= 11 is 0. The number of rotatable bonds is 16. The minimum absolute atomic E-state index is 0.453. The molecule has 0 aliphatic heterocycles. The first-order valence-electron chi connectivity index (χ1n) is 11.6. The maximum atomic E-state index is 10.7. The van der Waals surface area contributed by atoms with Crippen LogP contribution in [0.1, 0.15) is 71.1 Å². The molecule has 0 saturated carbocycles. The number of hydrogen-bond acceptors (Lipinski definition) is 5. The van der Waals surface area contributed by atoms with E-state index in [0.717, 1.165) is 43.0 Å². The molecule has 0 aliphatic carbocycles. The van der Waals surface area contributed by atoms with E-state index in [4.69, 9.17) is 9.84 Å². The standard InChI is InChI=1S/C26H35N3O3/c1-22(26(30)31)12-10-8-6-4-2-3-5-7-9-11-21-32-25-15-13-23(14-16-25)28-29-24-17-19-27-20-18-24/h12-20H,2-11,21H2,1H3,(H,30,31). The summed E-state index contributed by atoms with van der Waals surface area (Å²) in [6.45, 7) is 2.39. The largest absolute Gasteiger partial charge is 0.494 e. The van der Waals surface area contributed by atoms with Crippen LogP contribution in [-0.4, -0.2) is 22.7 Å². The SMILES string of the molecule is CC(=CCCCCCCCCCCCOc1ccc(N=Nc2ccncc2)cc1)C(=O)O. The van der Waals surface area contributed by atoms with Crippen LogP contribution in [0.2, 0.25) is 0 Å². The zero-order valence-electron chi connectivity index (χ0n) is 19.1. The van der Waals surface area contributed by atoms with Gasteiger partial charge in [0.2, 0.25) is 0 Å². The number of carboxylic acids is 1. The van der Waals surface area contributed by atoms with Crippen LogP contribution in [0.4, 0.5) is 11.4 Å². The molecule has 0 fully saturated rings. The maximum absolute atomic E-state index is 10.7. The van der Waals surface area contributed by atoms with Gasteiger partial charge in [-0.2, -0.15) is 10.2 Å². The normalized spacial score (nSPS) is 11.7. The molecule has 0 saturated heterocycles. The van der Waals surface area contributed by atoms with Crippen molar-refractivity contribution in [2.24, 2.45) is 10.2 Å². The van der Waals surface area contributed by atoms with Crippen LogP contribution in [0.25, 0.3) is 0 Å². The van der Waals surface area contributed by atoms with Crippen molar-refractivity contribution in [2.45, 2.75) is 71.1 Å². The van der Waals surface area contributed by atoms with Gasteiger partial charge >= 0.3 is 5.97 Å². The van der Waals surface area contributed by atoms with Gasteiger partial charge in [-0.15, -0.1) is 0 Å². The molecule has 6 nitrogen and oxygen atoms in total. The molecule has 172 valence electrons. The van der Waals surface area contributed by atoms with Crippen LogP contribution >= 0.6 is 0 Å². The third-order valence-corrected chi connectivity index (χ3v) is 5.19. The van der Waals surface area contributed by atoms with E-state index in [1.165, 1.54) is 44.9 Å². The van der Waals surface area contributed by atoms with Crippen molar-refractivity contribution in [1.82, 2.24) is 4.98 Å². The summed E-state index contributed by atoms with van der Waals surface area (Å²) in [4.78, 5) is 14.7. The Hall–Kier alpha value is -3.02. The zero-order chi connectivity index (χ0) is 22.9. The van der Waals surface area contributed by atoms with Crippen molar-refractivity contribution in [1.29, 1.82) is 0 Å². The molecule has 0 atom stereocenters. The Morgan fingerprint density at radius 2 is 1.38 bits per heavy atom. The fourth-order valence-corrected chi connectivity index (χ4v) is 3.21. The molecule has 1 aromatic carbocycles. The molecule has 0 bridgehead atoms. The molecule has 32 heavy (non-hydrogen) atoms. The van der Waals surface area contributed by atoms with Gasteiger partial charge in [0, 0.05) is 18.0 Å². The van der Waals surface area contributed by atoms with E-state index in [0.29, 0.717) is 5.57 Å². The highest BCUT2D eigenvalue weighted by molar-refractivity contribution is 5.85. The van der Waals surface area contributed by atoms with E-state index < -0.39 is 5.97 Å². The number of allylic oxidation sites excluding steroid dienone is 1. The number of hydrogen-bond donors (Lipinski definition) is 1. The minimum Gasteiger partial charge on any atom is -0.494 e. The lowest BCUT2D eigenvalue weighted by atomic mass is 10.1. The summed E-state index contributed by atoms with van der Waals surface area (Å²) in [6, 6.07) is 11.3. The number of aliphatic carboxylic acids is 1. The number of azo groups is 1. The van der Waals surface area contributed by atoms with E-state index in [-0.39, 0.29) is 0 Å². The molecule has 0 radical (unpaired) electrons. The summed E-state index contributed by atoms with van der Waals surface area (Å²) in [6.07, 6.45) is 16.9. The summed E-state index contributed by atoms with van der Waals surface area (Å²) < 4.78 is 5.82. The lowest BCUT2D eigenvalue weighted by Gasteiger charge is -2.06. The lowest BCUT2D eigenvalue weighted by Crippen LogP contribution is -1.96. The maximum Gasteiger partial charge on any atom is 0.330 e. The second kappa shape index (κ2) is 15.7. The zero-order valence-corrected chi connectivity index (χ0v) is 19.1. The number of carboxylic acid groups (broad SMARTS) is 1. The first-order chi connectivity index (χ1) is 15.6. The Kier molecular flexibility index (Phi) is 12.4. The molecule has 0 aliphatic rings. The summed E-state index contributed by atoms with van der Waals surface area (Å²) in [7, 11) is 0. The molecule has 1 aromatic heterocycles. The van der Waals surface area contributed by atoms with Gasteiger partial charge in [0.15, 0.2) is 0 Å². The van der Waals surface area contributed by atoms with Gasteiger partial charge in [0.1, 0.15) is 5.75 Å². The van der Waals surface area contributed by atoms with E-state index >= 15 is 0 Å². The smallest absolute Gasteiger partial charge is 0.330 e. The Bertz CT molecular complexity index is 833. The molecule has 0 spiro atoms.